The summed E-state index contributed by atoms with van der Waals surface area (Å²) in [5.41, 5.74) is -0.533. The van der Waals surface area contributed by atoms with Gasteiger partial charge in [-0.1, -0.05) is 52.3 Å². The number of allylic oxidation sites excluding steroid dienone is 3. The van der Waals surface area contributed by atoms with Crippen LogP contribution in [0.4, 0.5) is 0 Å². The fourth-order valence-electron chi connectivity index (χ4n) is 14.9. The van der Waals surface area contributed by atoms with Gasteiger partial charge in [-0.05, 0) is 98.4 Å². The number of hydrogen-bond donors (Lipinski definition) is 13. The number of aliphatic hydroxyl groups excluding tert-OH is 13. The van der Waals surface area contributed by atoms with E-state index in [2.05, 4.69) is 39.8 Å². The van der Waals surface area contributed by atoms with Gasteiger partial charge in [0.05, 0.1) is 44.7 Å². The zero-order chi connectivity index (χ0) is 49.7. The summed E-state index contributed by atoms with van der Waals surface area (Å²) in [6.45, 7) is 10.7. The van der Waals surface area contributed by atoms with Crippen molar-refractivity contribution in [3.05, 3.63) is 23.3 Å². The minimum Gasteiger partial charge on any atom is -0.396 e. The normalized spacial score (nSPS) is 55.0. The van der Waals surface area contributed by atoms with Crippen LogP contribution in [0, 0.1) is 44.3 Å². The Hall–Kier alpha value is -1.28. The van der Waals surface area contributed by atoms with Gasteiger partial charge < -0.3 is 94.8 Å². The van der Waals surface area contributed by atoms with Crippen molar-refractivity contribution < 1.29 is 94.8 Å². The van der Waals surface area contributed by atoms with Crippen molar-refractivity contribution >= 4 is 0 Å². The van der Waals surface area contributed by atoms with E-state index in [0.717, 1.165) is 24.8 Å². The quantitative estimate of drug-likeness (QED) is 0.103. The summed E-state index contributed by atoms with van der Waals surface area (Å²) < 4.78 is 36.1. The predicted octanol–water partition coefficient (Wildman–Crippen LogP) is -1.13. The van der Waals surface area contributed by atoms with Crippen LogP contribution < -0.4 is 0 Å². The van der Waals surface area contributed by atoms with Crippen LogP contribution >= 0.6 is 0 Å². The molecule has 0 aromatic carbocycles. The molecule has 25 atom stereocenters. The molecule has 19 nitrogen and oxygen atoms in total. The summed E-state index contributed by atoms with van der Waals surface area (Å²) in [6, 6.07) is 0. The zero-order valence-electron chi connectivity index (χ0n) is 40.3. The second kappa shape index (κ2) is 19.2. The van der Waals surface area contributed by atoms with E-state index in [0.29, 0.717) is 38.5 Å². The van der Waals surface area contributed by atoms with Gasteiger partial charge in [0.2, 0.25) is 0 Å². The van der Waals surface area contributed by atoms with E-state index in [4.69, 9.17) is 28.4 Å². The third kappa shape index (κ3) is 8.14. The molecule has 0 amide bonds. The van der Waals surface area contributed by atoms with Crippen molar-refractivity contribution in [3.8, 4) is 0 Å². The molecular formula is C49H80O19. The van der Waals surface area contributed by atoms with Crippen molar-refractivity contribution in [3.63, 3.8) is 0 Å². The van der Waals surface area contributed by atoms with Crippen LogP contribution in [0.5, 0.6) is 0 Å². The Bertz CT molecular complexity index is 1850. The first kappa shape index (κ1) is 53.0. The lowest BCUT2D eigenvalue weighted by Crippen LogP contribution is -2.67. The minimum atomic E-state index is -1.91. The van der Waals surface area contributed by atoms with Crippen molar-refractivity contribution in [2.75, 3.05) is 33.0 Å². The molecule has 0 aromatic rings. The van der Waals surface area contributed by atoms with Gasteiger partial charge in [0.1, 0.15) is 67.1 Å². The lowest BCUT2D eigenvalue weighted by atomic mass is 9.35. The van der Waals surface area contributed by atoms with Gasteiger partial charge in [-0.2, -0.15) is 0 Å². The molecule has 0 spiro atoms. The van der Waals surface area contributed by atoms with E-state index in [1.165, 1.54) is 5.57 Å². The second-order valence-corrected chi connectivity index (χ2v) is 23.2. The Balaban J connectivity index is 1.04. The van der Waals surface area contributed by atoms with Crippen molar-refractivity contribution in [2.24, 2.45) is 44.3 Å². The fourth-order valence-corrected chi connectivity index (χ4v) is 14.9. The van der Waals surface area contributed by atoms with Gasteiger partial charge >= 0.3 is 0 Å². The summed E-state index contributed by atoms with van der Waals surface area (Å²) >= 11 is 0. The Labute approximate surface area is 398 Å². The van der Waals surface area contributed by atoms with E-state index in [1.807, 2.05) is 6.92 Å². The molecule has 390 valence electrons. The molecule has 3 heterocycles. The standard InChI is InChI=1S/C49H80O19/c1-23-32(56)39(67-43-40(36(60)34(58)27(20-52)65-43)68-41-37(61)35(59)33(57)26(19-51)64-41)38(62)42(63-23)66-31-10-11-45(3)28(46(31,4)21-53)9-12-47(5)29(45)8-7-24-25-17-44(2,15-16-50)13-14-49(25,22-54)30(55)18-48(24,47)6/h7-8,23,26-43,50-62H,9-22H2,1-6H3/t23-,26-,27-,28?,29?,30-,31+,32+,33-,34-,35+,36+,37-,38-,39+,40-,41+,42+,43+,44+,45+,46+,47-,48-,49?/m1/s1. The van der Waals surface area contributed by atoms with Crippen LogP contribution in [0.1, 0.15) is 99.3 Å². The summed E-state index contributed by atoms with van der Waals surface area (Å²) in [4.78, 5) is 0. The fraction of sp³-hybridized carbons (Fsp3) is 0.918. The third-order valence-corrected chi connectivity index (χ3v) is 19.6. The predicted molar refractivity (Wildman–Crippen MR) is 237 cm³/mol. The summed E-state index contributed by atoms with van der Waals surface area (Å²) in [7, 11) is 0. The van der Waals surface area contributed by atoms with E-state index in [1.54, 1.807) is 6.92 Å². The lowest BCUT2D eigenvalue weighted by molar-refractivity contribution is -0.391. The van der Waals surface area contributed by atoms with Crippen molar-refractivity contribution in [2.45, 2.75) is 204 Å². The van der Waals surface area contributed by atoms with Gasteiger partial charge in [-0.15, -0.1) is 0 Å². The highest BCUT2D eigenvalue weighted by atomic mass is 16.8. The van der Waals surface area contributed by atoms with Gasteiger partial charge in [0.25, 0.3) is 0 Å². The molecule has 5 aliphatic carbocycles. The van der Waals surface area contributed by atoms with E-state index >= 15 is 0 Å². The van der Waals surface area contributed by atoms with Gasteiger partial charge in [-0.3, -0.25) is 0 Å². The molecule has 3 unspecified atom stereocenters. The molecule has 8 rings (SSSR count). The van der Waals surface area contributed by atoms with Crippen molar-refractivity contribution in [1.82, 2.24) is 0 Å². The zero-order valence-corrected chi connectivity index (χ0v) is 40.3. The topological polar surface area (TPSA) is 318 Å². The average molecular weight is 973 g/mol. The van der Waals surface area contributed by atoms with Crippen LogP contribution in [-0.4, -0.2) is 204 Å². The molecule has 3 saturated heterocycles. The molecule has 8 aliphatic rings. The van der Waals surface area contributed by atoms with Gasteiger partial charge in [-0.25, -0.2) is 0 Å². The second-order valence-electron chi connectivity index (χ2n) is 23.2. The maximum Gasteiger partial charge on any atom is 0.187 e. The number of aliphatic hydroxyl groups is 13. The lowest BCUT2D eigenvalue weighted by Gasteiger charge is -2.70. The highest BCUT2D eigenvalue weighted by molar-refractivity contribution is 5.47. The highest BCUT2D eigenvalue weighted by Crippen LogP contribution is 2.74. The first-order chi connectivity index (χ1) is 32.0. The number of hydrogen-bond acceptors (Lipinski definition) is 19. The molecule has 3 aliphatic heterocycles. The SMILES string of the molecule is C[C@H]1O[C@@H](O[C@H]2CC[C@@]3(C)C(CC[C@]4(C)C3C=CC3=C5C[C@](C)(CCO)CCC5(CO)[C@H](O)C[C@]34C)[C@]2(C)CO)[C@H](O)[C@@H](O[C@@H]2O[C@H](CO)[C@@H](O)[C@H](O)[C@H]2O[C@@H]2O[C@H](CO)[C@@H](O)[C@H](O)[C@H]2O)[C@H]1O. The third-order valence-electron chi connectivity index (χ3n) is 19.6. The largest absolute Gasteiger partial charge is 0.396 e. The summed E-state index contributed by atoms with van der Waals surface area (Å²) in [5, 5.41) is 141. The Morgan fingerprint density at radius 3 is 1.90 bits per heavy atom. The van der Waals surface area contributed by atoms with Crippen LogP contribution in [0.25, 0.3) is 0 Å². The first-order valence-corrected chi connectivity index (χ1v) is 24.8. The maximum absolute atomic E-state index is 12.2. The van der Waals surface area contributed by atoms with Crippen LogP contribution in [-0.2, 0) is 28.4 Å². The Kier molecular flexibility index (Phi) is 15.0. The maximum atomic E-state index is 12.2. The first-order valence-electron chi connectivity index (χ1n) is 24.8. The molecule has 0 radical (unpaired) electrons. The van der Waals surface area contributed by atoms with Gasteiger partial charge in [0.15, 0.2) is 18.9 Å². The molecule has 19 heteroatoms. The van der Waals surface area contributed by atoms with Crippen LogP contribution in [0.2, 0.25) is 0 Å². The highest BCUT2D eigenvalue weighted by Gasteiger charge is 2.69. The molecule has 6 fully saturated rings. The number of fused-ring (bicyclic) bond motifs is 6. The van der Waals surface area contributed by atoms with E-state index < -0.39 is 134 Å². The summed E-state index contributed by atoms with van der Waals surface area (Å²) in [6.07, 6.45) is -15.5. The Morgan fingerprint density at radius 2 is 1.26 bits per heavy atom. The number of rotatable bonds is 12. The monoisotopic (exact) mass is 973 g/mol. The van der Waals surface area contributed by atoms with Gasteiger partial charge in [0, 0.05) is 22.9 Å². The minimum absolute atomic E-state index is 0.0332. The smallest absolute Gasteiger partial charge is 0.187 e. The molecule has 3 saturated carbocycles. The summed E-state index contributed by atoms with van der Waals surface area (Å²) in [5.74, 6) is -0.0483. The molecule has 0 aromatic heterocycles. The van der Waals surface area contributed by atoms with Crippen molar-refractivity contribution in [1.29, 1.82) is 0 Å². The molecule has 0 bridgehead atoms. The van der Waals surface area contributed by atoms with E-state index in [9.17, 15) is 66.4 Å². The molecule has 68 heavy (non-hydrogen) atoms. The van der Waals surface area contributed by atoms with E-state index in [-0.39, 0.29) is 47.9 Å². The molecule has 13 N–H and O–H groups in total. The van der Waals surface area contributed by atoms with Crippen LogP contribution in [0.3, 0.4) is 0 Å². The molecular weight excluding hydrogens is 893 g/mol. The number of ether oxygens (including phenoxy) is 6. The average Bonchev–Trinajstić information content (AvgIpc) is 3.30. The van der Waals surface area contributed by atoms with Crippen LogP contribution in [0.15, 0.2) is 23.3 Å². The Morgan fingerprint density at radius 1 is 0.632 bits per heavy atom.